The molecule has 3 aromatic rings. The Balaban J connectivity index is 1.76. The highest BCUT2D eigenvalue weighted by molar-refractivity contribution is 6.25. The minimum Gasteiger partial charge on any atom is -0.507 e. The van der Waals surface area contributed by atoms with Crippen molar-refractivity contribution in [2.24, 2.45) is 5.92 Å². The first-order chi connectivity index (χ1) is 18.2. The van der Waals surface area contributed by atoms with Crippen molar-refractivity contribution in [3.05, 3.63) is 99.1 Å². The molecule has 0 unspecified atom stereocenters. The summed E-state index contributed by atoms with van der Waals surface area (Å²) in [5.74, 6) is -2.31. The first kappa shape index (κ1) is 22.7. The molecule has 4 N–H and O–H groups in total. The van der Waals surface area contributed by atoms with Crippen LogP contribution >= 0.6 is 0 Å². The number of rotatable bonds is 1. The molecule has 7 nitrogen and oxygen atoms in total. The highest BCUT2D eigenvalue weighted by Crippen LogP contribution is 2.66. The number of carbonyl (C=O) groups excluding carboxylic acids is 3. The van der Waals surface area contributed by atoms with Gasteiger partial charge in [0, 0.05) is 24.0 Å². The number of hydrogen-bond donors (Lipinski definition) is 4. The topological polar surface area (TPSA) is 132 Å². The van der Waals surface area contributed by atoms with Crippen molar-refractivity contribution in [3.63, 3.8) is 0 Å². The zero-order valence-electron chi connectivity index (χ0n) is 20.3. The minimum absolute atomic E-state index is 0.0432. The highest BCUT2D eigenvalue weighted by Gasteiger charge is 2.59. The molecule has 0 amide bonds. The van der Waals surface area contributed by atoms with Crippen LogP contribution in [0.1, 0.15) is 73.1 Å². The van der Waals surface area contributed by atoms with Crippen molar-refractivity contribution < 1.29 is 34.8 Å². The standard InChI is InChI=1S/C31H22O7/c1-13(32)16-12-17-25-19(8-9-22(35)28(25)30(16)38)31-14(11-24(37)27-18(31)5-3-7-21(27)34)10-23(36)26-15(29(17)31)4-2-6-20(26)33/h2-9,12-14,32-35H,10-11H2,1H3/t13-,14+,31+/m1/s1. The van der Waals surface area contributed by atoms with Crippen molar-refractivity contribution in [1.29, 1.82) is 0 Å². The van der Waals surface area contributed by atoms with Gasteiger partial charge < -0.3 is 20.4 Å². The van der Waals surface area contributed by atoms with Crippen LogP contribution in [0.3, 0.4) is 0 Å². The Hall–Kier alpha value is -4.49. The predicted octanol–water partition coefficient (Wildman–Crippen LogP) is 4.31. The lowest BCUT2D eigenvalue weighted by molar-refractivity contribution is 0.0882. The zero-order chi connectivity index (χ0) is 26.7. The summed E-state index contributed by atoms with van der Waals surface area (Å²) in [5, 5.41) is 43.1. The maximum absolute atomic E-state index is 13.7. The van der Waals surface area contributed by atoms with E-state index in [2.05, 4.69) is 0 Å². The first-order valence-electron chi connectivity index (χ1n) is 12.4. The van der Waals surface area contributed by atoms with Gasteiger partial charge in [-0.1, -0.05) is 30.3 Å². The van der Waals surface area contributed by atoms with Gasteiger partial charge >= 0.3 is 0 Å². The summed E-state index contributed by atoms with van der Waals surface area (Å²) in [6.45, 7) is 1.47. The third kappa shape index (κ3) is 2.49. The van der Waals surface area contributed by atoms with Gasteiger partial charge in [-0.05, 0) is 65.0 Å². The van der Waals surface area contributed by atoms with E-state index in [9.17, 15) is 34.8 Å². The fourth-order valence-corrected chi connectivity index (χ4v) is 7.24. The summed E-state index contributed by atoms with van der Waals surface area (Å²) >= 11 is 0. The number of ketones is 3. The van der Waals surface area contributed by atoms with Gasteiger partial charge in [-0.3, -0.25) is 14.4 Å². The van der Waals surface area contributed by atoms with E-state index in [1.807, 2.05) is 0 Å². The zero-order valence-corrected chi connectivity index (χ0v) is 20.3. The summed E-state index contributed by atoms with van der Waals surface area (Å²) in [4.78, 5) is 40.6. The average molecular weight is 507 g/mol. The second-order valence-corrected chi connectivity index (χ2v) is 10.4. The Kier molecular flexibility index (Phi) is 4.36. The molecule has 0 heterocycles. The predicted molar refractivity (Wildman–Crippen MR) is 137 cm³/mol. The molecule has 0 saturated carbocycles. The normalized spacial score (nSPS) is 23.6. The number of phenols is 3. The van der Waals surface area contributed by atoms with Crippen molar-refractivity contribution in [2.75, 3.05) is 0 Å². The number of phenolic OH excluding ortho intramolecular Hbond substituents is 3. The molecule has 7 heteroatoms. The van der Waals surface area contributed by atoms with Gasteiger partial charge in [-0.15, -0.1) is 0 Å². The Labute approximate surface area is 217 Å². The highest BCUT2D eigenvalue weighted by atomic mass is 16.3. The Bertz CT molecular complexity index is 1740. The van der Waals surface area contributed by atoms with E-state index in [1.54, 1.807) is 36.4 Å². The Morgan fingerprint density at radius 1 is 0.763 bits per heavy atom. The van der Waals surface area contributed by atoms with Crippen LogP contribution < -0.4 is 0 Å². The van der Waals surface area contributed by atoms with E-state index in [1.165, 1.54) is 25.1 Å². The van der Waals surface area contributed by atoms with E-state index in [-0.39, 0.29) is 63.9 Å². The number of fused-ring (bicyclic) bond motifs is 3. The largest absolute Gasteiger partial charge is 0.507 e. The monoisotopic (exact) mass is 506 g/mol. The molecule has 4 aliphatic rings. The van der Waals surface area contributed by atoms with Gasteiger partial charge in [-0.25, -0.2) is 0 Å². The van der Waals surface area contributed by atoms with Gasteiger partial charge in [0.05, 0.1) is 28.2 Å². The third-order valence-corrected chi connectivity index (χ3v) is 8.59. The van der Waals surface area contributed by atoms with Crippen LogP contribution in [0.2, 0.25) is 0 Å². The minimum atomic E-state index is -1.14. The maximum Gasteiger partial charge on any atom is 0.195 e. The molecule has 38 heavy (non-hydrogen) atoms. The Morgan fingerprint density at radius 2 is 1.37 bits per heavy atom. The lowest BCUT2D eigenvalue weighted by Crippen LogP contribution is -2.42. The van der Waals surface area contributed by atoms with Crippen molar-refractivity contribution in [2.45, 2.75) is 31.3 Å². The maximum atomic E-state index is 13.7. The SMILES string of the molecule is C[C@@H](O)C1=CC2=C3c4cccc(O)c4C(=O)C[C@H]4CC(=O)c5c(O)cccc5[C@@]34c3ccc(O)c(c32)C1=O. The number of aliphatic hydroxyl groups is 1. The van der Waals surface area contributed by atoms with Crippen molar-refractivity contribution >= 4 is 28.5 Å². The van der Waals surface area contributed by atoms with E-state index < -0.39 is 23.2 Å². The molecule has 3 atom stereocenters. The lowest BCUT2D eigenvalue weighted by Gasteiger charge is -2.44. The molecule has 0 bridgehead atoms. The molecule has 1 spiro atoms. The molecule has 4 aliphatic carbocycles. The van der Waals surface area contributed by atoms with Crippen LogP contribution in [0.5, 0.6) is 17.2 Å². The third-order valence-electron chi connectivity index (χ3n) is 8.59. The fraction of sp³-hybridized carbons (Fsp3) is 0.194. The molecular weight excluding hydrogens is 484 g/mol. The van der Waals surface area contributed by atoms with Gasteiger partial charge in [-0.2, -0.15) is 0 Å². The summed E-state index contributed by atoms with van der Waals surface area (Å²) in [5.41, 5.74) is 2.49. The van der Waals surface area contributed by atoms with Gasteiger partial charge in [0.1, 0.15) is 17.2 Å². The number of allylic oxidation sites excluding steroid dienone is 3. The summed E-state index contributed by atoms with van der Waals surface area (Å²) in [6.07, 6.45) is 0.360. The van der Waals surface area contributed by atoms with Crippen LogP contribution in [0, 0.1) is 5.92 Å². The first-order valence-corrected chi connectivity index (χ1v) is 12.4. The average Bonchev–Trinajstić information content (AvgIpc) is 3.09. The molecule has 188 valence electrons. The van der Waals surface area contributed by atoms with Crippen LogP contribution in [0.4, 0.5) is 0 Å². The van der Waals surface area contributed by atoms with E-state index in [0.29, 0.717) is 33.4 Å². The summed E-state index contributed by atoms with van der Waals surface area (Å²) in [7, 11) is 0. The van der Waals surface area contributed by atoms with Crippen LogP contribution in [-0.2, 0) is 5.41 Å². The second kappa shape index (κ2) is 7.30. The Morgan fingerprint density at radius 3 is 2.08 bits per heavy atom. The fourth-order valence-electron chi connectivity index (χ4n) is 7.24. The summed E-state index contributed by atoms with van der Waals surface area (Å²) in [6, 6.07) is 12.8. The molecule has 0 fully saturated rings. The van der Waals surface area contributed by atoms with Gasteiger partial charge in [0.2, 0.25) is 0 Å². The molecule has 0 saturated heterocycles. The van der Waals surface area contributed by atoms with Crippen molar-refractivity contribution in [1.82, 2.24) is 0 Å². The number of carbonyl (C=O) groups is 3. The number of benzene rings is 3. The molecular formula is C31H22O7. The van der Waals surface area contributed by atoms with E-state index in [0.717, 1.165) is 0 Å². The van der Waals surface area contributed by atoms with Crippen LogP contribution in [0.25, 0.3) is 11.1 Å². The number of Topliss-reactive ketones (excluding diaryl/α,β-unsaturated/α-hetero) is 3. The smallest absolute Gasteiger partial charge is 0.195 e. The van der Waals surface area contributed by atoms with E-state index >= 15 is 0 Å². The van der Waals surface area contributed by atoms with Crippen LogP contribution in [-0.4, -0.2) is 43.9 Å². The molecule has 0 aliphatic heterocycles. The molecule has 0 aromatic heterocycles. The quantitative estimate of drug-likeness (QED) is 0.387. The molecule has 3 aromatic carbocycles. The van der Waals surface area contributed by atoms with Gasteiger partial charge in [0.25, 0.3) is 0 Å². The molecule has 7 rings (SSSR count). The number of aliphatic hydroxyl groups excluding tert-OH is 1. The second-order valence-electron chi connectivity index (χ2n) is 10.4. The lowest BCUT2D eigenvalue weighted by atomic mass is 9.56. The number of aromatic hydroxyl groups is 3. The molecule has 0 radical (unpaired) electrons. The van der Waals surface area contributed by atoms with Crippen molar-refractivity contribution in [3.8, 4) is 17.2 Å². The van der Waals surface area contributed by atoms with Gasteiger partial charge in [0.15, 0.2) is 17.3 Å². The van der Waals surface area contributed by atoms with E-state index in [4.69, 9.17) is 0 Å². The van der Waals surface area contributed by atoms with Crippen LogP contribution in [0.15, 0.2) is 60.2 Å². The summed E-state index contributed by atoms with van der Waals surface area (Å²) < 4.78 is 0. The number of hydrogen-bond acceptors (Lipinski definition) is 7.